The van der Waals surface area contributed by atoms with E-state index in [1.807, 2.05) is 37.3 Å². The third-order valence-corrected chi connectivity index (χ3v) is 5.74. The Labute approximate surface area is 180 Å². The van der Waals surface area contributed by atoms with Crippen molar-refractivity contribution < 1.29 is 23.5 Å². The van der Waals surface area contributed by atoms with Crippen molar-refractivity contribution >= 4 is 17.9 Å². The molecule has 0 aliphatic heterocycles. The highest BCUT2D eigenvalue weighted by Gasteiger charge is 2.55. The summed E-state index contributed by atoms with van der Waals surface area (Å²) in [5.41, 5.74) is 6.46. The Morgan fingerprint density at radius 1 is 1.23 bits per heavy atom. The lowest BCUT2D eigenvalue weighted by atomic mass is 9.95. The first kappa shape index (κ1) is 22.3. The highest BCUT2D eigenvalue weighted by Crippen LogP contribution is 2.53. The van der Waals surface area contributed by atoms with E-state index in [1.165, 1.54) is 19.2 Å². The Hall–Kier alpha value is -3.42. The average Bonchev–Trinajstić information content (AvgIpc) is 3.45. The largest absolute Gasteiger partial charge is 0.444 e. The monoisotopic (exact) mass is 427 g/mol. The molecule has 0 heterocycles. The van der Waals surface area contributed by atoms with E-state index in [0.717, 1.165) is 12.0 Å². The van der Waals surface area contributed by atoms with Gasteiger partial charge in [-0.15, -0.1) is 0 Å². The van der Waals surface area contributed by atoms with Crippen LogP contribution in [0.15, 0.2) is 48.5 Å². The maximum absolute atomic E-state index is 14.2. The molecule has 2 aromatic carbocycles. The van der Waals surface area contributed by atoms with Gasteiger partial charge in [-0.25, -0.2) is 9.18 Å². The van der Waals surface area contributed by atoms with Crippen molar-refractivity contribution in [3.63, 3.8) is 0 Å². The summed E-state index contributed by atoms with van der Waals surface area (Å²) in [4.78, 5) is 35.6. The van der Waals surface area contributed by atoms with Crippen LogP contribution in [0.2, 0.25) is 0 Å². The lowest BCUT2D eigenvalue weighted by molar-refractivity contribution is -0.123. The SMILES string of the molecule is CNC(=O)c1ccc(C[C@@H](CNC(=O)[C@@H]2C[C@@]2(C)c2ccccc2)OC(N)=O)cc1F. The Kier molecular flexibility index (Phi) is 6.58. The van der Waals surface area contributed by atoms with Crippen molar-refractivity contribution in [1.82, 2.24) is 10.6 Å². The smallest absolute Gasteiger partial charge is 0.404 e. The molecule has 3 atom stereocenters. The van der Waals surface area contributed by atoms with Gasteiger partial charge >= 0.3 is 6.09 Å². The van der Waals surface area contributed by atoms with Gasteiger partial charge in [0.15, 0.2) is 0 Å². The number of nitrogens with two attached hydrogens (primary N) is 1. The lowest BCUT2D eigenvalue weighted by Crippen LogP contribution is -2.38. The van der Waals surface area contributed by atoms with Crippen LogP contribution in [0.25, 0.3) is 0 Å². The van der Waals surface area contributed by atoms with Gasteiger partial charge in [-0.05, 0) is 29.7 Å². The van der Waals surface area contributed by atoms with Gasteiger partial charge in [0.05, 0.1) is 12.1 Å². The van der Waals surface area contributed by atoms with Crippen molar-refractivity contribution in [1.29, 1.82) is 0 Å². The molecule has 2 aromatic rings. The van der Waals surface area contributed by atoms with E-state index < -0.39 is 23.9 Å². The summed E-state index contributed by atoms with van der Waals surface area (Å²) in [6.45, 7) is 2.09. The molecule has 4 N–H and O–H groups in total. The second-order valence-electron chi connectivity index (χ2n) is 7.94. The van der Waals surface area contributed by atoms with E-state index in [4.69, 9.17) is 10.5 Å². The molecular weight excluding hydrogens is 401 g/mol. The number of halogens is 1. The molecule has 0 aromatic heterocycles. The fourth-order valence-electron chi connectivity index (χ4n) is 3.81. The minimum Gasteiger partial charge on any atom is -0.444 e. The Balaban J connectivity index is 1.62. The molecule has 3 amide bonds. The van der Waals surface area contributed by atoms with Gasteiger partial charge < -0.3 is 21.1 Å². The molecule has 1 fully saturated rings. The molecule has 31 heavy (non-hydrogen) atoms. The third kappa shape index (κ3) is 5.20. The molecule has 3 rings (SSSR count). The normalized spacial score (nSPS) is 20.4. The van der Waals surface area contributed by atoms with E-state index in [-0.39, 0.29) is 35.8 Å². The number of nitrogens with one attached hydrogen (secondary N) is 2. The van der Waals surface area contributed by atoms with Crippen LogP contribution in [0.4, 0.5) is 9.18 Å². The summed E-state index contributed by atoms with van der Waals surface area (Å²) in [5, 5.41) is 5.18. The molecule has 0 unspecified atom stereocenters. The van der Waals surface area contributed by atoms with Crippen LogP contribution >= 0.6 is 0 Å². The molecular formula is C23H26FN3O4. The van der Waals surface area contributed by atoms with Crippen LogP contribution in [0.3, 0.4) is 0 Å². The second-order valence-corrected chi connectivity index (χ2v) is 7.94. The molecule has 1 aliphatic rings. The van der Waals surface area contributed by atoms with Crippen molar-refractivity contribution in [2.45, 2.75) is 31.3 Å². The third-order valence-electron chi connectivity index (χ3n) is 5.74. The van der Waals surface area contributed by atoms with Crippen molar-refractivity contribution in [3.8, 4) is 0 Å². The quantitative estimate of drug-likeness (QED) is 0.600. The molecule has 0 spiro atoms. The molecule has 1 saturated carbocycles. The van der Waals surface area contributed by atoms with E-state index in [9.17, 15) is 18.8 Å². The zero-order valence-electron chi connectivity index (χ0n) is 17.5. The van der Waals surface area contributed by atoms with Crippen LogP contribution < -0.4 is 16.4 Å². The zero-order valence-corrected chi connectivity index (χ0v) is 17.5. The Morgan fingerprint density at radius 2 is 1.94 bits per heavy atom. The predicted molar refractivity (Wildman–Crippen MR) is 113 cm³/mol. The Bertz CT molecular complexity index is 982. The number of primary amides is 1. The van der Waals surface area contributed by atoms with Crippen molar-refractivity contribution in [2.75, 3.05) is 13.6 Å². The van der Waals surface area contributed by atoms with Crippen LogP contribution in [-0.2, 0) is 21.4 Å². The summed E-state index contributed by atoms with van der Waals surface area (Å²) >= 11 is 0. The van der Waals surface area contributed by atoms with Crippen LogP contribution in [0.1, 0.15) is 34.8 Å². The van der Waals surface area contributed by atoms with Gasteiger partial charge in [-0.3, -0.25) is 9.59 Å². The standard InChI is InChI=1S/C23H26FN3O4/c1-23(15-6-4-3-5-7-15)12-18(23)21(29)27-13-16(31-22(25)30)10-14-8-9-17(19(24)11-14)20(28)26-2/h3-9,11,16,18H,10,12-13H2,1-2H3,(H2,25,30)(H,26,28)(H,27,29)/t16-,18-,23-/m0/s1. The van der Waals surface area contributed by atoms with E-state index in [1.54, 1.807) is 6.07 Å². The topological polar surface area (TPSA) is 111 Å². The minimum atomic E-state index is -0.984. The van der Waals surface area contributed by atoms with Gasteiger partial charge in [-0.2, -0.15) is 0 Å². The van der Waals surface area contributed by atoms with E-state index >= 15 is 0 Å². The van der Waals surface area contributed by atoms with Crippen LogP contribution in [0.5, 0.6) is 0 Å². The first-order valence-electron chi connectivity index (χ1n) is 10.0. The van der Waals surface area contributed by atoms with Gasteiger partial charge in [0, 0.05) is 24.8 Å². The Morgan fingerprint density at radius 3 is 2.55 bits per heavy atom. The highest BCUT2D eigenvalue weighted by atomic mass is 19.1. The minimum absolute atomic E-state index is 0.0436. The summed E-state index contributed by atoms with van der Waals surface area (Å²) in [5.74, 6) is -1.53. The van der Waals surface area contributed by atoms with Crippen molar-refractivity contribution in [2.24, 2.45) is 11.7 Å². The number of rotatable bonds is 8. The number of hydrogen-bond acceptors (Lipinski definition) is 4. The molecule has 1 aliphatic carbocycles. The maximum Gasteiger partial charge on any atom is 0.404 e. The van der Waals surface area contributed by atoms with Gasteiger partial charge in [0.2, 0.25) is 5.91 Å². The lowest BCUT2D eigenvalue weighted by Gasteiger charge is -2.18. The molecule has 8 heteroatoms. The zero-order chi connectivity index (χ0) is 22.6. The van der Waals surface area contributed by atoms with E-state index in [0.29, 0.717) is 5.56 Å². The fourth-order valence-corrected chi connectivity index (χ4v) is 3.81. The summed E-state index contributed by atoms with van der Waals surface area (Å²) < 4.78 is 19.3. The molecule has 7 nitrogen and oxygen atoms in total. The number of carbonyl (C=O) groups excluding carboxylic acids is 3. The molecule has 0 saturated heterocycles. The highest BCUT2D eigenvalue weighted by molar-refractivity contribution is 5.94. The number of carbonyl (C=O) groups is 3. The number of ether oxygens (including phenoxy) is 1. The fraction of sp³-hybridized carbons (Fsp3) is 0.348. The number of benzene rings is 2. The van der Waals surface area contributed by atoms with Crippen molar-refractivity contribution in [3.05, 3.63) is 71.0 Å². The van der Waals surface area contributed by atoms with Gasteiger partial charge in [0.1, 0.15) is 11.9 Å². The molecule has 164 valence electrons. The van der Waals surface area contributed by atoms with E-state index in [2.05, 4.69) is 10.6 Å². The number of amides is 3. The maximum atomic E-state index is 14.2. The predicted octanol–water partition coefficient (Wildman–Crippen LogP) is 2.29. The number of hydrogen-bond donors (Lipinski definition) is 3. The van der Waals surface area contributed by atoms with Crippen LogP contribution in [0, 0.1) is 11.7 Å². The first-order chi connectivity index (χ1) is 14.7. The molecule has 0 radical (unpaired) electrons. The van der Waals surface area contributed by atoms with Gasteiger partial charge in [-0.1, -0.05) is 43.3 Å². The van der Waals surface area contributed by atoms with Gasteiger partial charge in [0.25, 0.3) is 5.91 Å². The average molecular weight is 427 g/mol. The summed E-state index contributed by atoms with van der Waals surface area (Å²) in [6, 6.07) is 14.0. The molecule has 0 bridgehead atoms. The summed E-state index contributed by atoms with van der Waals surface area (Å²) in [7, 11) is 1.41. The second kappa shape index (κ2) is 9.16. The summed E-state index contributed by atoms with van der Waals surface area (Å²) in [6.07, 6.45) is -0.888. The first-order valence-corrected chi connectivity index (χ1v) is 10.0. The van der Waals surface area contributed by atoms with Crippen LogP contribution in [-0.4, -0.2) is 37.6 Å².